The summed E-state index contributed by atoms with van der Waals surface area (Å²) in [6.07, 6.45) is 3.89. The van der Waals surface area contributed by atoms with Gasteiger partial charge in [-0.2, -0.15) is 0 Å². The van der Waals surface area contributed by atoms with Crippen molar-refractivity contribution in [1.82, 2.24) is 24.5 Å². The number of carbonyl (C=O) groups excluding carboxylic acids is 2. The fourth-order valence-electron chi connectivity index (χ4n) is 4.73. The summed E-state index contributed by atoms with van der Waals surface area (Å²) in [7, 11) is 3.84. The van der Waals surface area contributed by atoms with Crippen molar-refractivity contribution in [1.29, 1.82) is 0 Å². The maximum Gasteiger partial charge on any atom is 0.287 e. The third-order valence-electron chi connectivity index (χ3n) is 6.04. The van der Waals surface area contributed by atoms with Gasteiger partial charge in [0.15, 0.2) is 0 Å². The molecule has 2 saturated heterocycles. The molecule has 4 heterocycles. The van der Waals surface area contributed by atoms with E-state index in [0.29, 0.717) is 6.54 Å². The van der Waals surface area contributed by atoms with Gasteiger partial charge in [-0.1, -0.05) is 13.8 Å². The summed E-state index contributed by atoms with van der Waals surface area (Å²) >= 11 is 0. The lowest BCUT2D eigenvalue weighted by atomic mass is 9.80. The summed E-state index contributed by atoms with van der Waals surface area (Å²) in [5.74, 6) is -0.00877. The van der Waals surface area contributed by atoms with Crippen molar-refractivity contribution in [2.75, 3.05) is 20.6 Å². The maximum absolute atomic E-state index is 13.8. The van der Waals surface area contributed by atoms with Crippen LogP contribution in [0.4, 0.5) is 4.39 Å². The van der Waals surface area contributed by atoms with E-state index in [9.17, 15) is 14.0 Å². The highest BCUT2D eigenvalue weighted by Gasteiger charge is 2.55. The molecular formula is C20H26FN5O2. The normalized spacial score (nSPS) is 24.7. The monoisotopic (exact) mass is 387 g/mol. The van der Waals surface area contributed by atoms with E-state index < -0.39 is 5.82 Å². The summed E-state index contributed by atoms with van der Waals surface area (Å²) in [4.78, 5) is 33.8. The fraction of sp³-hybridized carbons (Fsp3) is 0.550. The Morgan fingerprint density at radius 2 is 2.11 bits per heavy atom. The molecule has 3 fully saturated rings. The van der Waals surface area contributed by atoms with Gasteiger partial charge in [-0.3, -0.25) is 18.9 Å². The molecule has 2 aromatic rings. The average Bonchev–Trinajstić information content (AvgIpc) is 3.31. The van der Waals surface area contributed by atoms with E-state index in [4.69, 9.17) is 0 Å². The van der Waals surface area contributed by atoms with Gasteiger partial charge in [0.25, 0.3) is 5.91 Å². The van der Waals surface area contributed by atoms with Gasteiger partial charge in [0.2, 0.25) is 11.7 Å². The van der Waals surface area contributed by atoms with Gasteiger partial charge in [0.1, 0.15) is 11.3 Å². The molecule has 5 rings (SSSR count). The average molecular weight is 387 g/mol. The molecule has 0 spiro atoms. The quantitative estimate of drug-likeness (QED) is 0.842. The molecule has 1 unspecified atom stereocenters. The smallest absolute Gasteiger partial charge is 0.287 e. The Balaban J connectivity index is 1.48. The molecule has 1 saturated carbocycles. The molecule has 1 N–H and O–H groups in total. The van der Waals surface area contributed by atoms with Crippen LogP contribution in [0.25, 0.3) is 5.52 Å². The lowest BCUT2D eigenvalue weighted by Crippen LogP contribution is -2.57. The molecule has 3 aliphatic rings. The molecular weight excluding hydrogens is 361 g/mol. The van der Waals surface area contributed by atoms with Crippen LogP contribution in [0.3, 0.4) is 0 Å². The summed E-state index contributed by atoms with van der Waals surface area (Å²) in [6, 6.07) is 2.65. The Morgan fingerprint density at radius 3 is 2.79 bits per heavy atom. The van der Waals surface area contributed by atoms with E-state index in [1.54, 1.807) is 12.3 Å². The highest BCUT2D eigenvalue weighted by atomic mass is 19.1. The predicted molar refractivity (Wildman–Crippen MR) is 102 cm³/mol. The van der Waals surface area contributed by atoms with E-state index in [1.807, 2.05) is 37.7 Å². The van der Waals surface area contributed by atoms with E-state index in [-0.39, 0.29) is 53.1 Å². The molecule has 1 aliphatic carbocycles. The first-order valence-corrected chi connectivity index (χ1v) is 9.69. The highest BCUT2D eigenvalue weighted by molar-refractivity contribution is 5.92. The lowest BCUT2D eigenvalue weighted by molar-refractivity contribution is -0.138. The number of aromatic nitrogens is 2. The van der Waals surface area contributed by atoms with Crippen LogP contribution in [0.2, 0.25) is 0 Å². The van der Waals surface area contributed by atoms with E-state index in [1.165, 1.54) is 16.7 Å². The molecule has 4 atom stereocenters. The number of likely N-dealkylation sites (N-methyl/N-ethyl adjacent to an activating group) is 1. The summed E-state index contributed by atoms with van der Waals surface area (Å²) < 4.78 is 15.3. The zero-order valence-electron chi connectivity index (χ0n) is 16.6. The summed E-state index contributed by atoms with van der Waals surface area (Å²) in [6.45, 7) is 4.76. The molecule has 150 valence electrons. The highest BCUT2D eigenvalue weighted by Crippen LogP contribution is 2.42. The number of carbonyl (C=O) groups is 2. The van der Waals surface area contributed by atoms with Crippen LogP contribution < -0.4 is 5.32 Å². The molecule has 0 aromatic carbocycles. The number of amides is 2. The molecule has 2 bridgehead atoms. The van der Waals surface area contributed by atoms with Crippen LogP contribution in [0.15, 0.2) is 24.5 Å². The number of pyridine rings is 1. The van der Waals surface area contributed by atoms with Gasteiger partial charge in [-0.15, -0.1) is 0 Å². The zero-order chi connectivity index (χ0) is 20.2. The number of nitrogens with one attached hydrogen (secondary N) is 1. The first-order valence-electron chi connectivity index (χ1n) is 9.69. The Kier molecular flexibility index (Phi) is 4.61. The zero-order valence-corrected chi connectivity index (χ0v) is 16.6. The number of nitrogens with zero attached hydrogens (tertiary/aromatic N) is 4. The van der Waals surface area contributed by atoms with Gasteiger partial charge in [-0.25, -0.2) is 9.37 Å². The fourth-order valence-corrected chi connectivity index (χ4v) is 4.73. The first-order chi connectivity index (χ1) is 13.3. The largest absolute Gasteiger partial charge is 0.344 e. The van der Waals surface area contributed by atoms with E-state index in [0.717, 1.165) is 6.42 Å². The minimum absolute atomic E-state index is 0.0191. The van der Waals surface area contributed by atoms with Crippen molar-refractivity contribution in [3.8, 4) is 0 Å². The van der Waals surface area contributed by atoms with Gasteiger partial charge in [-0.05, 0) is 38.6 Å². The van der Waals surface area contributed by atoms with Crippen LogP contribution in [-0.2, 0) is 4.79 Å². The molecule has 0 radical (unpaired) electrons. The SMILES string of the molecule is CC(C)C(C(=O)N1C[C@@H]2C[C@H]1[C@@H]2NC(=O)c1ncc2c(F)cccn12)N(C)C. The lowest BCUT2D eigenvalue weighted by Gasteiger charge is -2.38. The van der Waals surface area contributed by atoms with Crippen molar-refractivity contribution in [2.24, 2.45) is 11.8 Å². The Bertz CT molecular complexity index is 916. The Hall–Kier alpha value is -2.48. The third kappa shape index (κ3) is 2.87. The minimum Gasteiger partial charge on any atom is -0.344 e. The number of rotatable bonds is 5. The second-order valence-electron chi connectivity index (χ2n) is 8.40. The number of imidazole rings is 1. The third-order valence-corrected chi connectivity index (χ3v) is 6.04. The van der Waals surface area contributed by atoms with Crippen molar-refractivity contribution in [3.63, 3.8) is 0 Å². The number of fused-ring (bicyclic) bond motifs is 2. The van der Waals surface area contributed by atoms with Gasteiger partial charge in [0.05, 0.1) is 24.3 Å². The summed E-state index contributed by atoms with van der Waals surface area (Å²) in [5.41, 5.74) is 0.270. The van der Waals surface area contributed by atoms with Crippen LogP contribution in [-0.4, -0.2) is 69.8 Å². The van der Waals surface area contributed by atoms with Crippen molar-refractivity contribution < 1.29 is 14.0 Å². The standard InChI is InChI=1S/C20H26FN5O2/c1-11(2)17(24(3)4)20(28)26-10-12-8-14(26)16(12)23-19(27)18-22-9-15-13(21)6-5-7-25(15)18/h5-7,9,11-12,14,16-17H,8,10H2,1-4H3,(H,23,27)/t12-,14-,16+,17?/m0/s1. The number of hydrogen-bond donors (Lipinski definition) is 1. The van der Waals surface area contributed by atoms with Crippen LogP contribution >= 0.6 is 0 Å². The topological polar surface area (TPSA) is 70.0 Å². The van der Waals surface area contributed by atoms with E-state index in [2.05, 4.69) is 10.3 Å². The van der Waals surface area contributed by atoms with Gasteiger partial charge in [0, 0.05) is 18.7 Å². The maximum atomic E-state index is 13.8. The van der Waals surface area contributed by atoms with Crippen LogP contribution in [0.5, 0.6) is 0 Å². The Morgan fingerprint density at radius 1 is 1.36 bits per heavy atom. The van der Waals surface area contributed by atoms with Crippen LogP contribution in [0, 0.1) is 17.7 Å². The molecule has 2 aromatic heterocycles. The van der Waals surface area contributed by atoms with Crippen molar-refractivity contribution >= 4 is 17.3 Å². The predicted octanol–water partition coefficient (Wildman–Crippen LogP) is 1.39. The molecule has 2 amide bonds. The summed E-state index contributed by atoms with van der Waals surface area (Å²) in [5, 5.41) is 3.02. The minimum atomic E-state index is -0.419. The molecule has 7 nitrogen and oxygen atoms in total. The van der Waals surface area contributed by atoms with E-state index >= 15 is 0 Å². The Labute approximate surface area is 163 Å². The number of halogens is 1. The first kappa shape index (κ1) is 18.9. The number of hydrogen-bond acceptors (Lipinski definition) is 4. The van der Waals surface area contributed by atoms with Crippen molar-refractivity contribution in [2.45, 2.75) is 38.4 Å². The van der Waals surface area contributed by atoms with Crippen LogP contribution in [0.1, 0.15) is 30.9 Å². The van der Waals surface area contributed by atoms with Crippen molar-refractivity contribution in [3.05, 3.63) is 36.2 Å². The van der Waals surface area contributed by atoms with Gasteiger partial charge >= 0.3 is 0 Å². The second kappa shape index (κ2) is 6.84. The molecule has 28 heavy (non-hydrogen) atoms. The van der Waals surface area contributed by atoms with Gasteiger partial charge < -0.3 is 10.2 Å². The second-order valence-corrected chi connectivity index (χ2v) is 8.40. The molecule has 8 heteroatoms. The molecule has 2 aliphatic heterocycles.